The van der Waals surface area contributed by atoms with Gasteiger partial charge in [-0.1, -0.05) is 0 Å². The minimum atomic E-state index is -0.879. The summed E-state index contributed by atoms with van der Waals surface area (Å²) >= 11 is 0. The van der Waals surface area contributed by atoms with Crippen LogP contribution in [0.5, 0.6) is 0 Å². The molecular weight excluding hydrogens is 172 g/mol. The lowest BCUT2D eigenvalue weighted by Crippen LogP contribution is -2.33. The second-order valence-corrected chi connectivity index (χ2v) is 3.49. The maximum absolute atomic E-state index is 11.2. The van der Waals surface area contributed by atoms with E-state index in [2.05, 4.69) is 5.32 Å². The first-order chi connectivity index (χ1) is 6.00. The Kier molecular flexibility index (Phi) is 2.75. The van der Waals surface area contributed by atoms with E-state index in [0.717, 1.165) is 0 Å². The Morgan fingerprint density at radius 2 is 2.38 bits per heavy atom. The van der Waals surface area contributed by atoms with E-state index < -0.39 is 5.97 Å². The molecule has 1 unspecified atom stereocenters. The molecule has 1 fully saturated rings. The number of carbonyl (C=O) groups excluding carboxylic acids is 1. The molecule has 0 aliphatic carbocycles. The standard InChI is InChI=1S/C8H14N2O3/c1-5(2)10-4-6(3-7(11)12)9-8(10)13/h5-6H,3-4H2,1-2H3,(H,9,13)(H,11,12). The Balaban J connectivity index is 2.50. The van der Waals surface area contributed by atoms with Crippen LogP contribution in [0.15, 0.2) is 0 Å². The molecule has 0 radical (unpaired) electrons. The molecule has 0 spiro atoms. The van der Waals surface area contributed by atoms with Gasteiger partial charge in [0.2, 0.25) is 0 Å². The van der Waals surface area contributed by atoms with Crippen LogP contribution in [-0.4, -0.2) is 40.6 Å². The van der Waals surface area contributed by atoms with E-state index in [0.29, 0.717) is 6.54 Å². The number of hydrogen-bond donors (Lipinski definition) is 2. The van der Waals surface area contributed by atoms with Crippen molar-refractivity contribution in [3.05, 3.63) is 0 Å². The van der Waals surface area contributed by atoms with E-state index in [4.69, 9.17) is 5.11 Å². The van der Waals surface area contributed by atoms with Crippen molar-refractivity contribution in [2.75, 3.05) is 6.54 Å². The summed E-state index contributed by atoms with van der Waals surface area (Å²) in [5.74, 6) is -0.879. The van der Waals surface area contributed by atoms with Crippen LogP contribution in [0.3, 0.4) is 0 Å². The van der Waals surface area contributed by atoms with E-state index in [1.165, 1.54) is 0 Å². The summed E-state index contributed by atoms with van der Waals surface area (Å²) in [4.78, 5) is 23.2. The summed E-state index contributed by atoms with van der Waals surface area (Å²) in [6, 6.07) is -0.285. The monoisotopic (exact) mass is 186 g/mol. The molecule has 2 amide bonds. The van der Waals surface area contributed by atoms with Crippen LogP contribution in [0.1, 0.15) is 20.3 Å². The predicted molar refractivity (Wildman–Crippen MR) is 46.4 cm³/mol. The smallest absolute Gasteiger partial charge is 0.317 e. The van der Waals surface area contributed by atoms with Gasteiger partial charge in [0, 0.05) is 12.6 Å². The van der Waals surface area contributed by atoms with Crippen LogP contribution in [-0.2, 0) is 4.79 Å². The fraction of sp³-hybridized carbons (Fsp3) is 0.750. The number of rotatable bonds is 3. The summed E-state index contributed by atoms with van der Waals surface area (Å²) in [6.45, 7) is 4.30. The van der Waals surface area contributed by atoms with Crippen LogP contribution in [0.25, 0.3) is 0 Å². The summed E-state index contributed by atoms with van der Waals surface area (Å²) in [5, 5.41) is 11.1. The number of amides is 2. The highest BCUT2D eigenvalue weighted by atomic mass is 16.4. The van der Waals surface area contributed by atoms with Gasteiger partial charge in [-0.2, -0.15) is 0 Å². The third kappa shape index (κ3) is 2.34. The largest absolute Gasteiger partial charge is 0.481 e. The van der Waals surface area contributed by atoms with E-state index in [-0.39, 0.29) is 24.5 Å². The van der Waals surface area contributed by atoms with Gasteiger partial charge < -0.3 is 15.3 Å². The van der Waals surface area contributed by atoms with E-state index in [1.54, 1.807) is 4.90 Å². The second kappa shape index (κ2) is 3.64. The lowest BCUT2D eigenvalue weighted by Gasteiger charge is -2.18. The maximum atomic E-state index is 11.2. The van der Waals surface area contributed by atoms with Gasteiger partial charge in [0.1, 0.15) is 0 Å². The molecule has 13 heavy (non-hydrogen) atoms. The molecule has 1 heterocycles. The molecule has 2 N–H and O–H groups in total. The fourth-order valence-corrected chi connectivity index (χ4v) is 1.40. The van der Waals surface area contributed by atoms with Crippen LogP contribution in [0.2, 0.25) is 0 Å². The first kappa shape index (κ1) is 9.83. The number of aliphatic carboxylic acids is 1. The third-order valence-corrected chi connectivity index (χ3v) is 2.05. The summed E-state index contributed by atoms with van der Waals surface area (Å²) in [7, 11) is 0. The van der Waals surface area contributed by atoms with E-state index in [1.807, 2.05) is 13.8 Å². The number of carbonyl (C=O) groups is 2. The Bertz CT molecular complexity index is 227. The van der Waals surface area contributed by atoms with Gasteiger partial charge in [-0.15, -0.1) is 0 Å². The van der Waals surface area contributed by atoms with Gasteiger partial charge in [0.05, 0.1) is 12.5 Å². The number of carboxylic acids is 1. The zero-order valence-corrected chi connectivity index (χ0v) is 7.78. The Hall–Kier alpha value is -1.26. The highest BCUT2D eigenvalue weighted by Crippen LogP contribution is 2.10. The molecule has 0 aromatic heterocycles. The van der Waals surface area contributed by atoms with Gasteiger partial charge in [0.25, 0.3) is 0 Å². The molecule has 5 nitrogen and oxygen atoms in total. The molecule has 5 heteroatoms. The molecule has 1 atom stereocenters. The van der Waals surface area contributed by atoms with Crippen molar-refractivity contribution in [1.82, 2.24) is 10.2 Å². The Morgan fingerprint density at radius 1 is 1.77 bits per heavy atom. The highest BCUT2D eigenvalue weighted by Gasteiger charge is 2.31. The average molecular weight is 186 g/mol. The number of hydrogen-bond acceptors (Lipinski definition) is 2. The first-order valence-corrected chi connectivity index (χ1v) is 4.29. The van der Waals surface area contributed by atoms with Gasteiger partial charge >= 0.3 is 12.0 Å². The topological polar surface area (TPSA) is 69.6 Å². The lowest BCUT2D eigenvalue weighted by atomic mass is 10.2. The van der Waals surface area contributed by atoms with Gasteiger partial charge in [-0.25, -0.2) is 4.79 Å². The molecule has 1 aliphatic rings. The summed E-state index contributed by atoms with van der Waals surface area (Å²) < 4.78 is 0. The zero-order chi connectivity index (χ0) is 10.0. The Labute approximate surface area is 76.7 Å². The molecule has 1 rings (SSSR count). The summed E-state index contributed by atoms with van der Waals surface area (Å²) in [5.41, 5.74) is 0. The fourth-order valence-electron chi connectivity index (χ4n) is 1.40. The summed E-state index contributed by atoms with van der Waals surface area (Å²) in [6.07, 6.45) is -0.00500. The molecule has 74 valence electrons. The molecule has 1 saturated heterocycles. The maximum Gasteiger partial charge on any atom is 0.317 e. The Morgan fingerprint density at radius 3 is 2.77 bits per heavy atom. The third-order valence-electron chi connectivity index (χ3n) is 2.05. The van der Waals surface area contributed by atoms with Gasteiger partial charge in [-0.3, -0.25) is 4.79 Å². The van der Waals surface area contributed by atoms with Gasteiger partial charge in [-0.05, 0) is 13.8 Å². The molecule has 0 aromatic carbocycles. The van der Waals surface area contributed by atoms with E-state index >= 15 is 0 Å². The second-order valence-electron chi connectivity index (χ2n) is 3.49. The van der Waals surface area contributed by atoms with E-state index in [9.17, 15) is 9.59 Å². The average Bonchev–Trinajstić information content (AvgIpc) is 2.29. The van der Waals surface area contributed by atoms with Crippen LogP contribution in [0.4, 0.5) is 4.79 Å². The number of nitrogens with one attached hydrogen (secondary N) is 1. The molecule has 0 saturated carbocycles. The van der Waals surface area contributed by atoms with Crippen molar-refractivity contribution >= 4 is 12.0 Å². The van der Waals surface area contributed by atoms with Crippen molar-refractivity contribution in [2.45, 2.75) is 32.4 Å². The molecular formula is C8H14N2O3. The normalized spacial score (nSPS) is 22.2. The number of carboxylic acid groups (broad SMARTS) is 1. The minimum Gasteiger partial charge on any atom is -0.481 e. The first-order valence-electron chi connectivity index (χ1n) is 4.29. The van der Waals surface area contributed by atoms with Crippen molar-refractivity contribution in [1.29, 1.82) is 0 Å². The van der Waals surface area contributed by atoms with Crippen molar-refractivity contribution in [3.8, 4) is 0 Å². The SMILES string of the molecule is CC(C)N1CC(CC(=O)O)NC1=O. The highest BCUT2D eigenvalue weighted by molar-refractivity contribution is 5.78. The molecule has 0 aromatic rings. The van der Waals surface area contributed by atoms with Crippen LogP contribution in [0, 0.1) is 0 Å². The zero-order valence-electron chi connectivity index (χ0n) is 7.78. The predicted octanol–water partition coefficient (Wildman–Crippen LogP) is 0.263. The van der Waals surface area contributed by atoms with Crippen LogP contribution >= 0.6 is 0 Å². The molecule has 0 bridgehead atoms. The number of urea groups is 1. The lowest BCUT2D eigenvalue weighted by molar-refractivity contribution is -0.137. The van der Waals surface area contributed by atoms with Crippen molar-refractivity contribution in [2.24, 2.45) is 0 Å². The quantitative estimate of drug-likeness (QED) is 0.664. The number of nitrogens with zero attached hydrogens (tertiary/aromatic N) is 1. The van der Waals surface area contributed by atoms with Crippen molar-refractivity contribution < 1.29 is 14.7 Å². The molecule has 1 aliphatic heterocycles. The van der Waals surface area contributed by atoms with Crippen LogP contribution < -0.4 is 5.32 Å². The van der Waals surface area contributed by atoms with Gasteiger partial charge in [0.15, 0.2) is 0 Å². The minimum absolute atomic E-state index is 0.00500. The van der Waals surface area contributed by atoms with Crippen molar-refractivity contribution in [3.63, 3.8) is 0 Å².